The first-order chi connectivity index (χ1) is 27.9. The average molecular weight is 818 g/mol. The number of amides is 7. The molecule has 2 aromatic carbocycles. The predicted molar refractivity (Wildman–Crippen MR) is 220 cm³/mol. The van der Waals surface area contributed by atoms with Crippen LogP contribution in [0, 0.1) is 11.8 Å². The van der Waals surface area contributed by atoms with Crippen LogP contribution in [0.1, 0.15) is 79.4 Å². The SMILES string of the molecule is C/C=C1\NC(=O)[C@H](C)NC(=O)C(C(C)C)NC(=O)C(NC(=O)[C@H](Cc2ccccc2)NC(=O)[C@@H](CC(C)C)NC(=O)[C@@H](Cc2ccccc2)NC(=O)CC)C(C)OC1=O. The Bertz CT molecular complexity index is 1830. The van der Waals surface area contributed by atoms with E-state index < -0.39 is 89.7 Å². The molecule has 0 bridgehead atoms. The summed E-state index contributed by atoms with van der Waals surface area (Å²) in [6.45, 7) is 13.0. The van der Waals surface area contributed by atoms with Crippen LogP contribution in [0.2, 0.25) is 0 Å². The zero-order valence-electron chi connectivity index (χ0n) is 35.0. The minimum absolute atomic E-state index is 0.0455. The van der Waals surface area contributed by atoms with Crippen molar-refractivity contribution >= 4 is 47.3 Å². The first-order valence-corrected chi connectivity index (χ1v) is 20.0. The van der Waals surface area contributed by atoms with E-state index in [-0.39, 0.29) is 43.2 Å². The van der Waals surface area contributed by atoms with Crippen LogP contribution in [0.15, 0.2) is 72.4 Å². The first-order valence-electron chi connectivity index (χ1n) is 20.0. The third-order valence-electron chi connectivity index (χ3n) is 9.62. The lowest BCUT2D eigenvalue weighted by Gasteiger charge is -2.30. The van der Waals surface area contributed by atoms with E-state index in [1.807, 2.05) is 44.2 Å². The second-order valence-corrected chi connectivity index (χ2v) is 15.4. The zero-order valence-corrected chi connectivity index (χ0v) is 35.0. The summed E-state index contributed by atoms with van der Waals surface area (Å²) in [6.07, 6.45) is 0.379. The molecular formula is C43H59N7O9. The molecule has 7 atom stereocenters. The van der Waals surface area contributed by atoms with Crippen molar-refractivity contribution in [3.8, 4) is 0 Å². The van der Waals surface area contributed by atoms with Crippen LogP contribution in [-0.4, -0.2) is 89.7 Å². The summed E-state index contributed by atoms with van der Waals surface area (Å²) in [5.74, 6) is -6.26. The standard InChI is InChI=1S/C43H59N7O9/c1-9-30-43(58)59-27(8)36(42(57)49-35(25(5)6)41(56)44-26(7)37(52)46-30)50-40(55)33(23-29-19-15-12-16-20-29)48-38(53)31(21-24(3)4)47-39(54)32(45-34(51)10-2)22-28-17-13-11-14-18-28/h9,11-20,24-27,31-33,35-36H,10,21-23H2,1-8H3,(H,44,56)(H,45,51)(H,46,52)(H,47,54)(H,48,53)(H,49,57)(H,50,55)/b30-9-/t26-,27?,31+,32+,33-,35?,36?/m0/s1. The lowest BCUT2D eigenvalue weighted by Crippen LogP contribution is -2.62. The number of esters is 1. The lowest BCUT2D eigenvalue weighted by atomic mass is 9.99. The van der Waals surface area contributed by atoms with Gasteiger partial charge in [0.2, 0.25) is 41.4 Å². The molecule has 16 nitrogen and oxygen atoms in total. The number of cyclic esters (lactones) is 1. The maximum atomic E-state index is 14.3. The molecule has 320 valence electrons. The van der Waals surface area contributed by atoms with E-state index in [1.54, 1.807) is 51.1 Å². The molecular weight excluding hydrogens is 759 g/mol. The maximum absolute atomic E-state index is 14.3. The molecule has 1 heterocycles. The molecule has 2 aromatic rings. The lowest BCUT2D eigenvalue weighted by molar-refractivity contribution is -0.149. The van der Waals surface area contributed by atoms with Crippen LogP contribution in [0.4, 0.5) is 0 Å². The van der Waals surface area contributed by atoms with E-state index in [9.17, 15) is 38.4 Å². The molecule has 59 heavy (non-hydrogen) atoms. The number of benzene rings is 2. The normalized spacial score (nSPS) is 21.2. The molecule has 1 fully saturated rings. The monoisotopic (exact) mass is 817 g/mol. The highest BCUT2D eigenvalue weighted by Crippen LogP contribution is 2.13. The summed E-state index contributed by atoms with van der Waals surface area (Å²) < 4.78 is 5.60. The van der Waals surface area contributed by atoms with Gasteiger partial charge in [-0.3, -0.25) is 33.6 Å². The fourth-order valence-corrected chi connectivity index (χ4v) is 6.24. The van der Waals surface area contributed by atoms with Crippen molar-refractivity contribution in [1.82, 2.24) is 37.2 Å². The summed E-state index contributed by atoms with van der Waals surface area (Å²) in [5, 5.41) is 18.6. The number of allylic oxidation sites excluding steroid dienone is 1. The van der Waals surface area contributed by atoms with Gasteiger partial charge < -0.3 is 42.0 Å². The Morgan fingerprint density at radius 2 is 1.24 bits per heavy atom. The van der Waals surface area contributed by atoms with Crippen molar-refractivity contribution < 1.29 is 43.1 Å². The quantitative estimate of drug-likeness (QED) is 0.102. The van der Waals surface area contributed by atoms with E-state index in [0.29, 0.717) is 5.56 Å². The minimum Gasteiger partial charge on any atom is -0.455 e. The molecule has 7 amide bonds. The fraction of sp³-hybridized carbons (Fsp3) is 0.488. The smallest absolute Gasteiger partial charge is 0.354 e. The number of ether oxygens (including phenoxy) is 1. The maximum Gasteiger partial charge on any atom is 0.354 e. The largest absolute Gasteiger partial charge is 0.455 e. The van der Waals surface area contributed by atoms with Crippen molar-refractivity contribution in [2.24, 2.45) is 11.8 Å². The van der Waals surface area contributed by atoms with Crippen LogP contribution in [0.5, 0.6) is 0 Å². The molecule has 0 aliphatic carbocycles. The highest BCUT2D eigenvalue weighted by molar-refractivity contribution is 6.00. The van der Waals surface area contributed by atoms with Crippen LogP contribution >= 0.6 is 0 Å². The van der Waals surface area contributed by atoms with Crippen LogP contribution < -0.4 is 37.2 Å². The minimum atomic E-state index is -1.59. The van der Waals surface area contributed by atoms with Gasteiger partial charge in [0.05, 0.1) is 0 Å². The second kappa shape index (κ2) is 22.8. The number of nitrogens with one attached hydrogen (secondary N) is 7. The van der Waals surface area contributed by atoms with Gasteiger partial charge in [-0.2, -0.15) is 0 Å². The Morgan fingerprint density at radius 3 is 1.75 bits per heavy atom. The third kappa shape index (κ3) is 14.7. The summed E-state index contributed by atoms with van der Waals surface area (Å²) >= 11 is 0. The van der Waals surface area contributed by atoms with Gasteiger partial charge in [-0.1, -0.05) is 101 Å². The molecule has 1 aliphatic heterocycles. The number of hydrogen-bond donors (Lipinski definition) is 7. The second-order valence-electron chi connectivity index (χ2n) is 15.4. The number of rotatable bonds is 15. The molecule has 3 unspecified atom stereocenters. The fourth-order valence-electron chi connectivity index (χ4n) is 6.24. The van der Waals surface area contributed by atoms with Crippen molar-refractivity contribution in [3.05, 3.63) is 83.6 Å². The Morgan fingerprint density at radius 1 is 0.712 bits per heavy atom. The number of hydrogen-bond acceptors (Lipinski definition) is 9. The van der Waals surface area contributed by atoms with Gasteiger partial charge in [-0.05, 0) is 50.2 Å². The van der Waals surface area contributed by atoms with E-state index in [1.165, 1.54) is 26.8 Å². The Hall–Kier alpha value is -6.06. The molecule has 1 aliphatic rings. The van der Waals surface area contributed by atoms with Crippen LogP contribution in [0.25, 0.3) is 0 Å². The highest BCUT2D eigenvalue weighted by Gasteiger charge is 2.38. The molecule has 3 rings (SSSR count). The molecule has 0 radical (unpaired) electrons. The molecule has 1 saturated heterocycles. The van der Waals surface area contributed by atoms with Crippen LogP contribution in [-0.2, 0) is 55.9 Å². The van der Waals surface area contributed by atoms with Gasteiger partial charge in [0.25, 0.3) is 0 Å². The highest BCUT2D eigenvalue weighted by atomic mass is 16.5. The van der Waals surface area contributed by atoms with Gasteiger partial charge in [-0.25, -0.2) is 4.79 Å². The van der Waals surface area contributed by atoms with Gasteiger partial charge in [0.15, 0.2) is 0 Å². The van der Waals surface area contributed by atoms with Crippen molar-refractivity contribution in [3.63, 3.8) is 0 Å². The summed E-state index contributed by atoms with van der Waals surface area (Å²) in [5.41, 5.74) is 1.20. The van der Waals surface area contributed by atoms with Gasteiger partial charge >= 0.3 is 5.97 Å². The number of carbonyl (C=O) groups excluding carboxylic acids is 8. The number of carbonyl (C=O) groups is 8. The van der Waals surface area contributed by atoms with Crippen molar-refractivity contribution in [2.45, 2.75) is 123 Å². The molecule has 16 heteroatoms. The average Bonchev–Trinajstić information content (AvgIpc) is 3.19. The van der Waals surface area contributed by atoms with Gasteiger partial charge in [0.1, 0.15) is 48.1 Å². The summed E-state index contributed by atoms with van der Waals surface area (Å²) in [6, 6.07) is 10.6. The van der Waals surface area contributed by atoms with E-state index in [4.69, 9.17) is 4.74 Å². The summed E-state index contributed by atoms with van der Waals surface area (Å²) in [7, 11) is 0. The molecule has 0 aromatic heterocycles. The van der Waals surface area contributed by atoms with Crippen LogP contribution in [0.3, 0.4) is 0 Å². The van der Waals surface area contributed by atoms with E-state index >= 15 is 0 Å². The van der Waals surface area contributed by atoms with E-state index in [2.05, 4.69) is 37.2 Å². The van der Waals surface area contributed by atoms with Gasteiger partial charge in [0, 0.05) is 19.3 Å². The van der Waals surface area contributed by atoms with Gasteiger partial charge in [-0.15, -0.1) is 0 Å². The predicted octanol–water partition coefficient (Wildman–Crippen LogP) is 1.48. The van der Waals surface area contributed by atoms with Crippen molar-refractivity contribution in [1.29, 1.82) is 0 Å². The topological polar surface area (TPSA) is 230 Å². The van der Waals surface area contributed by atoms with E-state index in [0.717, 1.165) is 5.56 Å². The Balaban J connectivity index is 1.98. The van der Waals surface area contributed by atoms with Crippen molar-refractivity contribution in [2.75, 3.05) is 0 Å². The summed E-state index contributed by atoms with van der Waals surface area (Å²) in [4.78, 5) is 108. The third-order valence-corrected chi connectivity index (χ3v) is 9.62. The molecule has 7 N–H and O–H groups in total. The Labute approximate surface area is 345 Å². The molecule has 0 spiro atoms. The Kier molecular flexibility index (Phi) is 18.3. The molecule has 0 saturated carbocycles. The zero-order chi connectivity index (χ0) is 43.8. The first kappa shape index (κ1) is 47.3.